The molecule has 2 amide bonds. The number of fused-ring (bicyclic) bond motifs is 1. The monoisotopic (exact) mass is 329 g/mol. The molecule has 0 unspecified atom stereocenters. The first-order chi connectivity index (χ1) is 11.5. The molecule has 1 N–H and O–H groups in total. The van der Waals surface area contributed by atoms with Crippen LogP contribution >= 0.6 is 0 Å². The van der Waals surface area contributed by atoms with Gasteiger partial charge in [0.15, 0.2) is 0 Å². The largest absolute Gasteiger partial charge is 0.374 e. The first-order valence-electron chi connectivity index (χ1n) is 8.39. The molecule has 0 aromatic carbocycles. The molecule has 0 spiro atoms. The van der Waals surface area contributed by atoms with Crippen molar-refractivity contribution in [2.75, 3.05) is 25.0 Å². The summed E-state index contributed by atoms with van der Waals surface area (Å²) in [7, 11) is 0. The minimum Gasteiger partial charge on any atom is -0.374 e. The highest BCUT2D eigenvalue weighted by Gasteiger charge is 2.30. The van der Waals surface area contributed by atoms with E-state index in [0.29, 0.717) is 31.8 Å². The molecule has 0 aliphatic carbocycles. The highest BCUT2D eigenvalue weighted by molar-refractivity contribution is 5.94. The van der Waals surface area contributed by atoms with E-state index in [1.54, 1.807) is 23.1 Å². The Hall–Kier alpha value is -2.21. The fraction of sp³-hybridized carbons (Fsp3) is 0.500. The smallest absolute Gasteiger partial charge is 0.246 e. The van der Waals surface area contributed by atoms with Crippen molar-refractivity contribution in [3.8, 4) is 0 Å². The molecule has 1 saturated heterocycles. The number of anilines is 1. The third-order valence-corrected chi connectivity index (χ3v) is 4.08. The second kappa shape index (κ2) is 7.13. The molecule has 2 aliphatic rings. The van der Waals surface area contributed by atoms with E-state index >= 15 is 0 Å². The van der Waals surface area contributed by atoms with Crippen molar-refractivity contribution >= 4 is 23.6 Å². The van der Waals surface area contributed by atoms with E-state index in [4.69, 9.17) is 4.74 Å². The Labute approximate surface area is 141 Å². The van der Waals surface area contributed by atoms with Gasteiger partial charge >= 0.3 is 0 Å². The zero-order valence-electron chi connectivity index (χ0n) is 14.1. The van der Waals surface area contributed by atoms with Crippen LogP contribution in [-0.4, -0.2) is 47.5 Å². The van der Waals surface area contributed by atoms with Crippen molar-refractivity contribution in [3.05, 3.63) is 29.6 Å². The maximum absolute atomic E-state index is 12.1. The Morgan fingerprint density at radius 3 is 2.96 bits per heavy atom. The quantitative estimate of drug-likeness (QED) is 0.837. The molecular formula is C18H23N3O3. The summed E-state index contributed by atoms with van der Waals surface area (Å²) in [6, 6.07) is 3.64. The lowest BCUT2D eigenvalue weighted by Gasteiger charge is -2.38. The standard InChI is InChI=1S/C18H23N3O3/c1-12(2)11-24-14-9-21(10-14)18(23)8-4-13-3-5-16-15(19-13)6-7-17(22)20-16/h3-5,8,12,14H,6-7,9-11H2,1-2H3,(H,20,22). The van der Waals surface area contributed by atoms with Crippen LogP contribution in [0.25, 0.3) is 6.08 Å². The summed E-state index contributed by atoms with van der Waals surface area (Å²) >= 11 is 0. The highest BCUT2D eigenvalue weighted by Crippen LogP contribution is 2.21. The zero-order valence-corrected chi connectivity index (χ0v) is 14.1. The molecule has 0 bridgehead atoms. The van der Waals surface area contributed by atoms with E-state index in [1.807, 2.05) is 6.07 Å². The fourth-order valence-corrected chi connectivity index (χ4v) is 2.67. The van der Waals surface area contributed by atoms with Crippen molar-refractivity contribution in [1.82, 2.24) is 9.88 Å². The van der Waals surface area contributed by atoms with E-state index in [0.717, 1.165) is 23.7 Å². The van der Waals surface area contributed by atoms with Crippen LogP contribution in [0, 0.1) is 5.92 Å². The Bertz CT molecular complexity index is 663. The van der Waals surface area contributed by atoms with Gasteiger partial charge in [-0.15, -0.1) is 0 Å². The topological polar surface area (TPSA) is 71.5 Å². The van der Waals surface area contributed by atoms with Crippen molar-refractivity contribution in [2.24, 2.45) is 5.92 Å². The van der Waals surface area contributed by atoms with Gasteiger partial charge in [0.1, 0.15) is 0 Å². The molecule has 24 heavy (non-hydrogen) atoms. The van der Waals surface area contributed by atoms with E-state index in [-0.39, 0.29) is 17.9 Å². The molecule has 0 atom stereocenters. The number of carbonyl (C=O) groups is 2. The number of nitrogens with zero attached hydrogens (tertiary/aromatic N) is 2. The average Bonchev–Trinajstić information content (AvgIpc) is 2.51. The minimum atomic E-state index is -0.0211. The highest BCUT2D eigenvalue weighted by atomic mass is 16.5. The molecule has 0 saturated carbocycles. The van der Waals surface area contributed by atoms with Gasteiger partial charge in [0.25, 0.3) is 0 Å². The lowest BCUT2D eigenvalue weighted by atomic mass is 10.1. The van der Waals surface area contributed by atoms with Gasteiger partial charge in [-0.1, -0.05) is 13.8 Å². The van der Waals surface area contributed by atoms with Gasteiger partial charge in [-0.25, -0.2) is 0 Å². The number of rotatable bonds is 5. The average molecular weight is 329 g/mol. The number of aromatic nitrogens is 1. The van der Waals surface area contributed by atoms with Crippen LogP contribution < -0.4 is 5.32 Å². The summed E-state index contributed by atoms with van der Waals surface area (Å²) in [5.41, 5.74) is 2.37. The molecule has 6 heteroatoms. The van der Waals surface area contributed by atoms with Crippen LogP contribution in [0.2, 0.25) is 0 Å². The number of hydrogen-bond donors (Lipinski definition) is 1. The van der Waals surface area contributed by atoms with E-state index < -0.39 is 0 Å². The summed E-state index contributed by atoms with van der Waals surface area (Å²) in [5, 5.41) is 2.80. The van der Waals surface area contributed by atoms with Crippen molar-refractivity contribution < 1.29 is 14.3 Å². The predicted molar refractivity (Wildman–Crippen MR) is 91.4 cm³/mol. The lowest BCUT2D eigenvalue weighted by Crippen LogP contribution is -2.54. The number of amides is 2. The zero-order chi connectivity index (χ0) is 17.1. The van der Waals surface area contributed by atoms with Crippen molar-refractivity contribution in [3.63, 3.8) is 0 Å². The third-order valence-electron chi connectivity index (χ3n) is 4.08. The number of nitrogens with one attached hydrogen (secondary N) is 1. The molecule has 3 heterocycles. The number of likely N-dealkylation sites (tertiary alicyclic amines) is 1. The van der Waals surface area contributed by atoms with Crippen LogP contribution in [0.3, 0.4) is 0 Å². The molecule has 1 aromatic heterocycles. The van der Waals surface area contributed by atoms with Crippen LogP contribution in [0.1, 0.15) is 31.7 Å². The molecule has 0 radical (unpaired) electrons. The Balaban J connectivity index is 1.51. The summed E-state index contributed by atoms with van der Waals surface area (Å²) < 4.78 is 5.69. The van der Waals surface area contributed by atoms with Crippen molar-refractivity contribution in [1.29, 1.82) is 0 Å². The minimum absolute atomic E-state index is 0.0211. The molecule has 128 valence electrons. The van der Waals surface area contributed by atoms with Gasteiger partial charge in [0, 0.05) is 38.6 Å². The maximum atomic E-state index is 12.1. The molecular weight excluding hydrogens is 306 g/mol. The Morgan fingerprint density at radius 1 is 1.42 bits per heavy atom. The first-order valence-corrected chi connectivity index (χ1v) is 8.39. The normalized spacial score (nSPS) is 17.8. The summed E-state index contributed by atoms with van der Waals surface area (Å²) in [6.07, 6.45) is 4.53. The molecule has 6 nitrogen and oxygen atoms in total. The number of aryl methyl sites for hydroxylation is 1. The second-order valence-electron chi connectivity index (χ2n) is 6.70. The summed E-state index contributed by atoms with van der Waals surface area (Å²) in [6.45, 7) is 6.26. The van der Waals surface area contributed by atoms with Crippen LogP contribution in [0.5, 0.6) is 0 Å². The van der Waals surface area contributed by atoms with Gasteiger partial charge in [-0.3, -0.25) is 14.6 Å². The summed E-state index contributed by atoms with van der Waals surface area (Å²) in [4.78, 5) is 29.7. The Morgan fingerprint density at radius 2 is 2.21 bits per heavy atom. The fourth-order valence-electron chi connectivity index (χ4n) is 2.67. The van der Waals surface area contributed by atoms with Gasteiger partial charge < -0.3 is 15.0 Å². The molecule has 3 rings (SSSR count). The SMILES string of the molecule is CC(C)COC1CN(C(=O)C=Cc2ccc3c(n2)CCC(=O)N3)C1. The van der Waals surface area contributed by atoms with Gasteiger partial charge in [-0.05, 0) is 24.1 Å². The third kappa shape index (κ3) is 4.00. The van der Waals surface area contributed by atoms with E-state index in [9.17, 15) is 9.59 Å². The number of pyridine rings is 1. The predicted octanol–water partition coefficient (Wildman–Crippen LogP) is 1.86. The second-order valence-corrected chi connectivity index (χ2v) is 6.70. The van der Waals surface area contributed by atoms with Crippen LogP contribution in [-0.2, 0) is 20.7 Å². The number of hydrogen-bond acceptors (Lipinski definition) is 4. The molecule has 1 aromatic rings. The van der Waals surface area contributed by atoms with Gasteiger partial charge in [0.2, 0.25) is 11.8 Å². The number of ether oxygens (including phenoxy) is 1. The first kappa shape index (κ1) is 16.6. The molecule has 2 aliphatic heterocycles. The van der Waals surface area contributed by atoms with Crippen LogP contribution in [0.15, 0.2) is 18.2 Å². The Kier molecular flexibility index (Phi) is 4.94. The van der Waals surface area contributed by atoms with Gasteiger partial charge in [-0.2, -0.15) is 0 Å². The maximum Gasteiger partial charge on any atom is 0.246 e. The lowest BCUT2D eigenvalue weighted by molar-refractivity contribution is -0.140. The van der Waals surface area contributed by atoms with Crippen molar-refractivity contribution in [2.45, 2.75) is 32.8 Å². The van der Waals surface area contributed by atoms with Gasteiger partial charge in [0.05, 0.1) is 23.2 Å². The van der Waals surface area contributed by atoms with E-state index in [2.05, 4.69) is 24.1 Å². The van der Waals surface area contributed by atoms with E-state index in [1.165, 1.54) is 0 Å². The number of carbonyl (C=O) groups excluding carboxylic acids is 2. The molecule has 1 fully saturated rings. The summed E-state index contributed by atoms with van der Waals surface area (Å²) in [5.74, 6) is 0.511. The van der Waals surface area contributed by atoms with Crippen LogP contribution in [0.4, 0.5) is 5.69 Å².